The van der Waals surface area contributed by atoms with Gasteiger partial charge >= 0.3 is 5.97 Å². The van der Waals surface area contributed by atoms with Gasteiger partial charge in [-0.1, -0.05) is 69.5 Å². The van der Waals surface area contributed by atoms with Crippen LogP contribution in [0.1, 0.15) is 41.2 Å². The molecule has 0 radical (unpaired) electrons. The third kappa shape index (κ3) is 9.15. The van der Waals surface area contributed by atoms with E-state index in [0.29, 0.717) is 45.6 Å². The first kappa shape index (κ1) is 36.0. The number of aliphatic hydroxyl groups is 1. The van der Waals surface area contributed by atoms with E-state index < -0.39 is 18.1 Å². The van der Waals surface area contributed by atoms with E-state index in [9.17, 15) is 20.3 Å². The number of nitrogens with one attached hydrogen (secondary N) is 1. The van der Waals surface area contributed by atoms with Crippen LogP contribution in [0.5, 0.6) is 17.2 Å². The van der Waals surface area contributed by atoms with Gasteiger partial charge in [-0.25, -0.2) is 0 Å². The molecule has 3 N–H and O–H groups in total. The second-order valence-corrected chi connectivity index (χ2v) is 12.5. The maximum atomic E-state index is 11.8. The standard InChI is InChI=1S/C35H34BrCl2N3O6/c1-22-25(6-3-7-27(22)28-8-4-9-30(33(28)38)45-11-5-10-36)20-47-32-14-31(46-19-24-12-23(15-39)16-40-17-24)26(13-29(32)37)18-41-35(2,21-42)34(43)44/h3-4,6-9,12-14,16-17,41-42H,5,10-11,18-21H2,1-2H3,(H,43,44)/t35-/m1/s1. The molecule has 0 spiro atoms. The molecular formula is C35H34BrCl2N3O6. The summed E-state index contributed by atoms with van der Waals surface area (Å²) < 4.78 is 18.2. The fraction of sp³-hybridized carbons (Fsp3) is 0.286. The van der Waals surface area contributed by atoms with Gasteiger partial charge in [0.15, 0.2) is 0 Å². The average Bonchev–Trinajstić information content (AvgIpc) is 3.07. The van der Waals surface area contributed by atoms with Crippen LogP contribution in [0.4, 0.5) is 0 Å². The Balaban J connectivity index is 1.60. The van der Waals surface area contributed by atoms with Gasteiger partial charge < -0.3 is 24.4 Å². The summed E-state index contributed by atoms with van der Waals surface area (Å²) in [5.74, 6) is 0.139. The number of pyridine rings is 1. The van der Waals surface area contributed by atoms with E-state index in [-0.39, 0.29) is 24.8 Å². The number of benzene rings is 3. The largest absolute Gasteiger partial charge is 0.492 e. The molecule has 0 unspecified atom stereocenters. The number of aliphatic hydroxyl groups excluding tert-OH is 1. The summed E-state index contributed by atoms with van der Waals surface area (Å²) in [6.45, 7) is 3.59. The molecular weight excluding hydrogens is 709 g/mol. The highest BCUT2D eigenvalue weighted by Crippen LogP contribution is 2.38. The molecule has 9 nitrogen and oxygen atoms in total. The van der Waals surface area contributed by atoms with Gasteiger partial charge in [-0.15, -0.1) is 0 Å². The smallest absolute Gasteiger partial charge is 0.326 e. The summed E-state index contributed by atoms with van der Waals surface area (Å²) >= 11 is 16.9. The third-order valence-electron chi connectivity index (χ3n) is 7.51. The molecule has 4 aromatic rings. The number of carboxylic acids is 1. The number of carboxylic acid groups (broad SMARTS) is 1. The van der Waals surface area contributed by atoms with Gasteiger partial charge in [0, 0.05) is 47.0 Å². The number of nitriles is 1. The normalized spacial score (nSPS) is 12.2. The number of hydrogen-bond donors (Lipinski definition) is 3. The van der Waals surface area contributed by atoms with E-state index in [1.165, 1.54) is 13.1 Å². The van der Waals surface area contributed by atoms with Crippen LogP contribution >= 0.6 is 39.1 Å². The molecule has 3 aromatic carbocycles. The lowest BCUT2D eigenvalue weighted by Gasteiger charge is -2.25. The minimum atomic E-state index is -1.59. The van der Waals surface area contributed by atoms with Crippen molar-refractivity contribution in [2.75, 3.05) is 18.5 Å². The molecule has 47 heavy (non-hydrogen) atoms. The van der Waals surface area contributed by atoms with Gasteiger partial charge in [-0.05, 0) is 55.2 Å². The summed E-state index contributed by atoms with van der Waals surface area (Å²) in [5, 5.41) is 33.1. The lowest BCUT2D eigenvalue weighted by atomic mass is 9.96. The highest BCUT2D eigenvalue weighted by Gasteiger charge is 2.32. The predicted molar refractivity (Wildman–Crippen MR) is 185 cm³/mol. The molecule has 0 bridgehead atoms. The minimum Gasteiger partial charge on any atom is -0.492 e. The highest BCUT2D eigenvalue weighted by atomic mass is 79.9. The number of halogens is 3. The van der Waals surface area contributed by atoms with Crippen LogP contribution < -0.4 is 19.5 Å². The van der Waals surface area contributed by atoms with E-state index in [0.717, 1.165) is 34.0 Å². The Morgan fingerprint density at radius 2 is 1.74 bits per heavy atom. The molecule has 1 atom stereocenters. The van der Waals surface area contributed by atoms with Crippen molar-refractivity contribution >= 4 is 45.1 Å². The Bertz CT molecular complexity index is 1770. The maximum Gasteiger partial charge on any atom is 0.326 e. The number of alkyl halides is 1. The summed E-state index contributed by atoms with van der Waals surface area (Å²) in [6.07, 6.45) is 3.90. The monoisotopic (exact) mass is 741 g/mol. The zero-order valence-electron chi connectivity index (χ0n) is 25.9. The number of hydrogen-bond acceptors (Lipinski definition) is 8. The van der Waals surface area contributed by atoms with Crippen molar-refractivity contribution in [1.29, 1.82) is 5.26 Å². The first-order valence-corrected chi connectivity index (χ1v) is 16.6. The zero-order valence-corrected chi connectivity index (χ0v) is 29.0. The van der Waals surface area contributed by atoms with Gasteiger partial charge in [-0.2, -0.15) is 5.26 Å². The molecule has 0 amide bonds. The predicted octanol–water partition coefficient (Wildman–Crippen LogP) is 7.48. The van der Waals surface area contributed by atoms with E-state index >= 15 is 0 Å². The van der Waals surface area contributed by atoms with Crippen LogP contribution in [-0.4, -0.2) is 45.2 Å². The molecule has 0 aliphatic rings. The maximum absolute atomic E-state index is 11.8. The van der Waals surface area contributed by atoms with E-state index in [1.807, 2.05) is 43.3 Å². The highest BCUT2D eigenvalue weighted by molar-refractivity contribution is 9.09. The fourth-order valence-corrected chi connectivity index (χ4v) is 5.34. The molecule has 246 valence electrons. The minimum absolute atomic E-state index is 0.0238. The number of nitrogens with zero attached hydrogens (tertiary/aromatic N) is 2. The Kier molecular flexibility index (Phi) is 12.9. The summed E-state index contributed by atoms with van der Waals surface area (Å²) in [5.41, 5.74) is 3.68. The Labute approximate surface area is 292 Å². The molecule has 0 fully saturated rings. The lowest BCUT2D eigenvalue weighted by molar-refractivity contribution is -0.145. The number of ether oxygens (including phenoxy) is 3. The molecule has 1 aromatic heterocycles. The quantitative estimate of drug-likeness (QED) is 0.0789. The Hall–Kier alpha value is -3.85. The number of aliphatic carboxylic acids is 1. The average molecular weight is 743 g/mol. The van der Waals surface area contributed by atoms with Gasteiger partial charge in [0.25, 0.3) is 0 Å². The third-order valence-corrected chi connectivity index (χ3v) is 8.75. The molecule has 0 aliphatic carbocycles. The first-order valence-electron chi connectivity index (χ1n) is 14.7. The van der Waals surface area contributed by atoms with Crippen LogP contribution in [-0.2, 0) is 24.6 Å². The fourth-order valence-electron chi connectivity index (χ4n) is 4.59. The summed E-state index contributed by atoms with van der Waals surface area (Å²) in [6, 6.07) is 18.6. The van der Waals surface area contributed by atoms with Gasteiger partial charge in [0.2, 0.25) is 0 Å². The van der Waals surface area contributed by atoms with E-state index in [2.05, 4.69) is 32.3 Å². The van der Waals surface area contributed by atoms with Crippen molar-refractivity contribution in [2.45, 2.75) is 45.6 Å². The van der Waals surface area contributed by atoms with Crippen LogP contribution in [0.2, 0.25) is 10.0 Å². The second-order valence-electron chi connectivity index (χ2n) is 10.9. The summed E-state index contributed by atoms with van der Waals surface area (Å²) in [4.78, 5) is 15.8. The van der Waals surface area contributed by atoms with Gasteiger partial charge in [-0.3, -0.25) is 15.1 Å². The zero-order chi connectivity index (χ0) is 34.0. The molecule has 0 aliphatic heterocycles. The molecule has 1 heterocycles. The lowest BCUT2D eigenvalue weighted by Crippen LogP contribution is -2.52. The molecule has 12 heteroatoms. The summed E-state index contributed by atoms with van der Waals surface area (Å²) in [7, 11) is 0. The Morgan fingerprint density at radius 3 is 2.47 bits per heavy atom. The van der Waals surface area contributed by atoms with Crippen LogP contribution in [0.15, 0.2) is 67.0 Å². The molecule has 4 rings (SSSR count). The topological polar surface area (TPSA) is 134 Å². The second kappa shape index (κ2) is 16.8. The van der Waals surface area contributed by atoms with Crippen LogP contribution in [0.3, 0.4) is 0 Å². The van der Waals surface area contributed by atoms with E-state index in [4.69, 9.17) is 37.4 Å². The Morgan fingerprint density at radius 1 is 1.00 bits per heavy atom. The number of rotatable bonds is 16. The van der Waals surface area contributed by atoms with Crippen LogP contribution in [0, 0.1) is 18.3 Å². The van der Waals surface area contributed by atoms with Crippen molar-refractivity contribution in [3.63, 3.8) is 0 Å². The van der Waals surface area contributed by atoms with Crippen LogP contribution in [0.25, 0.3) is 11.1 Å². The number of carbonyl (C=O) groups is 1. The number of aromatic nitrogens is 1. The van der Waals surface area contributed by atoms with E-state index in [1.54, 1.807) is 24.4 Å². The molecule has 0 saturated carbocycles. The van der Waals surface area contributed by atoms with Crippen molar-refractivity contribution in [3.8, 4) is 34.4 Å². The van der Waals surface area contributed by atoms with Crippen molar-refractivity contribution in [3.05, 3.63) is 105 Å². The molecule has 0 saturated heterocycles. The van der Waals surface area contributed by atoms with Crippen molar-refractivity contribution in [1.82, 2.24) is 10.3 Å². The van der Waals surface area contributed by atoms with Crippen molar-refractivity contribution < 1.29 is 29.2 Å². The van der Waals surface area contributed by atoms with Gasteiger partial charge in [0.05, 0.1) is 28.8 Å². The van der Waals surface area contributed by atoms with Gasteiger partial charge in [0.1, 0.15) is 42.1 Å². The SMILES string of the molecule is Cc1c(COc2cc(OCc3cncc(C#N)c3)c(CN[C@](C)(CO)C(=O)O)cc2Cl)cccc1-c1cccc(OCCCBr)c1Cl. The first-order chi connectivity index (χ1) is 22.6. The van der Waals surface area contributed by atoms with Crippen molar-refractivity contribution in [2.24, 2.45) is 0 Å².